The summed E-state index contributed by atoms with van der Waals surface area (Å²) in [5.74, 6) is 0. The molecule has 0 unspecified atom stereocenters. The predicted octanol–water partition coefficient (Wildman–Crippen LogP) is 4.65. The van der Waals surface area contributed by atoms with E-state index in [2.05, 4.69) is 21.9 Å². The normalized spacial score (nSPS) is 11.8. The maximum atomic E-state index is 4.39. The van der Waals surface area contributed by atoms with Gasteiger partial charge in [-0.05, 0) is 26.0 Å². The Hall–Kier alpha value is -2.20. The Kier molecular flexibility index (Phi) is 4.85. The summed E-state index contributed by atoms with van der Waals surface area (Å²) in [7, 11) is 0. The maximum Gasteiger partial charge on any atom is 0.187 e. The van der Waals surface area contributed by atoms with Gasteiger partial charge in [0.15, 0.2) is 5.13 Å². The highest BCUT2D eigenvalue weighted by molar-refractivity contribution is 7.18. The Morgan fingerprint density at radius 1 is 1.35 bits per heavy atom. The Balaban J connectivity index is 2.12. The highest BCUT2D eigenvalue weighted by Gasteiger charge is 2.04. The van der Waals surface area contributed by atoms with Gasteiger partial charge in [-0.1, -0.05) is 41.7 Å². The van der Waals surface area contributed by atoms with Crippen molar-refractivity contribution in [3.8, 4) is 10.4 Å². The summed E-state index contributed by atoms with van der Waals surface area (Å²) in [6.45, 7) is 7.80. The number of hydrogen-bond acceptors (Lipinski definition) is 4. The molecule has 2 aromatic heterocycles. The van der Waals surface area contributed by atoms with Crippen LogP contribution in [0.2, 0.25) is 0 Å². The lowest BCUT2D eigenvalue weighted by molar-refractivity contribution is 1.32. The van der Waals surface area contributed by atoms with Crippen LogP contribution < -0.4 is 5.32 Å². The molecule has 3 nitrogen and oxygen atoms in total. The summed E-state index contributed by atoms with van der Waals surface area (Å²) in [5.41, 5.74) is 3.10. The van der Waals surface area contributed by atoms with Gasteiger partial charge >= 0.3 is 0 Å². The number of hydrogen-bond donors (Lipinski definition) is 1. The number of nitrogens with one attached hydrogen (secondary N) is 1. The van der Waals surface area contributed by atoms with Crippen LogP contribution in [-0.4, -0.2) is 9.97 Å². The number of pyridine rings is 1. The fraction of sp³-hybridized carbons (Fsp3) is 0.125. The third-order valence-corrected chi connectivity index (χ3v) is 3.52. The van der Waals surface area contributed by atoms with Gasteiger partial charge < -0.3 is 5.32 Å². The summed E-state index contributed by atoms with van der Waals surface area (Å²) < 4.78 is 0. The van der Waals surface area contributed by atoms with Crippen molar-refractivity contribution in [1.29, 1.82) is 0 Å². The van der Waals surface area contributed by atoms with E-state index in [1.807, 2.05) is 56.6 Å². The number of nitrogens with zero attached hydrogens (tertiary/aromatic N) is 2. The molecule has 4 heteroatoms. The minimum atomic E-state index is 0.864. The lowest BCUT2D eigenvalue weighted by atomic mass is 10.3. The standard InChI is InChI=1S/C16H17N3S/c1-4-14(8-7-12(2)3)19-16-18-11-15(20-16)13-6-5-9-17-10-13/h4-11H,2H2,1,3H3,(H,18,19)/b8-7-,14-4+. The van der Waals surface area contributed by atoms with E-state index in [0.717, 1.165) is 26.8 Å². The molecule has 0 saturated carbocycles. The second-order valence-electron chi connectivity index (χ2n) is 4.32. The molecule has 2 heterocycles. The first-order valence-corrected chi connectivity index (χ1v) is 7.14. The predicted molar refractivity (Wildman–Crippen MR) is 86.7 cm³/mol. The van der Waals surface area contributed by atoms with Crippen molar-refractivity contribution >= 4 is 16.5 Å². The molecule has 0 aliphatic heterocycles. The molecule has 0 bridgehead atoms. The molecule has 0 aliphatic rings. The number of thiazole rings is 1. The van der Waals surface area contributed by atoms with Gasteiger partial charge in [-0.25, -0.2) is 4.98 Å². The van der Waals surface area contributed by atoms with Crippen LogP contribution in [0.3, 0.4) is 0 Å². The molecule has 0 radical (unpaired) electrons. The molecule has 1 N–H and O–H groups in total. The van der Waals surface area contributed by atoms with E-state index in [1.165, 1.54) is 0 Å². The van der Waals surface area contributed by atoms with Gasteiger partial charge in [0.2, 0.25) is 0 Å². The monoisotopic (exact) mass is 283 g/mol. The van der Waals surface area contributed by atoms with E-state index in [9.17, 15) is 0 Å². The number of rotatable bonds is 5. The van der Waals surface area contributed by atoms with Gasteiger partial charge in [-0.2, -0.15) is 0 Å². The van der Waals surface area contributed by atoms with Crippen molar-refractivity contribution in [3.05, 3.63) is 66.8 Å². The van der Waals surface area contributed by atoms with Gasteiger partial charge in [-0.3, -0.25) is 4.98 Å². The maximum absolute atomic E-state index is 4.39. The lowest BCUT2D eigenvalue weighted by Crippen LogP contribution is -1.95. The molecular weight excluding hydrogens is 266 g/mol. The topological polar surface area (TPSA) is 37.8 Å². The van der Waals surface area contributed by atoms with E-state index < -0.39 is 0 Å². The fourth-order valence-corrected chi connectivity index (χ4v) is 2.37. The van der Waals surface area contributed by atoms with Gasteiger partial charge in [0.25, 0.3) is 0 Å². The second kappa shape index (κ2) is 6.82. The van der Waals surface area contributed by atoms with E-state index in [0.29, 0.717) is 0 Å². The van der Waals surface area contributed by atoms with Crippen LogP contribution in [0, 0.1) is 0 Å². The number of aromatic nitrogens is 2. The third-order valence-electron chi connectivity index (χ3n) is 2.56. The van der Waals surface area contributed by atoms with Crippen LogP contribution in [0.15, 0.2) is 66.8 Å². The summed E-state index contributed by atoms with van der Waals surface area (Å²) >= 11 is 1.60. The first-order valence-electron chi connectivity index (χ1n) is 6.32. The van der Waals surface area contributed by atoms with Crippen LogP contribution in [0.1, 0.15) is 13.8 Å². The van der Waals surface area contributed by atoms with Crippen LogP contribution in [0.4, 0.5) is 5.13 Å². The molecule has 0 spiro atoms. The Morgan fingerprint density at radius 3 is 2.85 bits per heavy atom. The third kappa shape index (κ3) is 3.90. The molecule has 0 aromatic carbocycles. The first kappa shape index (κ1) is 14.2. The smallest absolute Gasteiger partial charge is 0.187 e. The zero-order valence-electron chi connectivity index (χ0n) is 11.6. The molecule has 2 rings (SSSR count). The molecular formula is C16H17N3S. The van der Waals surface area contributed by atoms with Gasteiger partial charge in [0, 0.05) is 29.9 Å². The van der Waals surface area contributed by atoms with E-state index in [4.69, 9.17) is 0 Å². The molecule has 0 fully saturated rings. The van der Waals surface area contributed by atoms with E-state index in [-0.39, 0.29) is 0 Å². The molecule has 0 amide bonds. The molecule has 102 valence electrons. The first-order chi connectivity index (χ1) is 9.69. The van der Waals surface area contributed by atoms with Gasteiger partial charge in [0.05, 0.1) is 4.88 Å². The second-order valence-corrected chi connectivity index (χ2v) is 5.35. The SMILES string of the molecule is C=C(C)/C=C\C(=C/C)Nc1ncc(-c2cccnc2)s1. The zero-order valence-corrected chi connectivity index (χ0v) is 12.4. The van der Waals surface area contributed by atoms with Crippen molar-refractivity contribution in [2.24, 2.45) is 0 Å². The molecule has 20 heavy (non-hydrogen) atoms. The average Bonchev–Trinajstić information content (AvgIpc) is 2.92. The van der Waals surface area contributed by atoms with E-state index >= 15 is 0 Å². The summed E-state index contributed by atoms with van der Waals surface area (Å²) in [6.07, 6.45) is 11.4. The number of allylic oxidation sites excluding steroid dienone is 4. The summed E-state index contributed by atoms with van der Waals surface area (Å²) in [6, 6.07) is 3.96. The minimum Gasteiger partial charge on any atom is -0.332 e. The summed E-state index contributed by atoms with van der Waals surface area (Å²) in [4.78, 5) is 9.61. The average molecular weight is 283 g/mol. The Morgan fingerprint density at radius 2 is 2.20 bits per heavy atom. The van der Waals surface area contributed by atoms with Gasteiger partial charge in [0.1, 0.15) is 0 Å². The van der Waals surface area contributed by atoms with Crippen LogP contribution in [-0.2, 0) is 0 Å². The van der Waals surface area contributed by atoms with Gasteiger partial charge in [-0.15, -0.1) is 0 Å². The molecule has 0 atom stereocenters. The highest BCUT2D eigenvalue weighted by atomic mass is 32.1. The number of anilines is 1. The van der Waals surface area contributed by atoms with Crippen molar-refractivity contribution in [3.63, 3.8) is 0 Å². The Bertz CT molecular complexity index is 639. The molecule has 0 saturated heterocycles. The highest BCUT2D eigenvalue weighted by Crippen LogP contribution is 2.28. The molecule has 2 aromatic rings. The van der Waals surface area contributed by atoms with Crippen molar-refractivity contribution in [2.45, 2.75) is 13.8 Å². The minimum absolute atomic E-state index is 0.864. The zero-order chi connectivity index (χ0) is 14.4. The lowest BCUT2D eigenvalue weighted by Gasteiger charge is -2.02. The van der Waals surface area contributed by atoms with E-state index in [1.54, 1.807) is 17.5 Å². The van der Waals surface area contributed by atoms with Crippen LogP contribution >= 0.6 is 11.3 Å². The summed E-state index contributed by atoms with van der Waals surface area (Å²) in [5, 5.41) is 4.16. The van der Waals surface area contributed by atoms with Crippen LogP contribution in [0.5, 0.6) is 0 Å². The quantitative estimate of drug-likeness (QED) is 0.811. The van der Waals surface area contributed by atoms with Crippen molar-refractivity contribution in [1.82, 2.24) is 9.97 Å². The fourth-order valence-electron chi connectivity index (χ4n) is 1.54. The Labute approximate surface area is 123 Å². The molecule has 0 aliphatic carbocycles. The van der Waals surface area contributed by atoms with Crippen LogP contribution in [0.25, 0.3) is 10.4 Å². The van der Waals surface area contributed by atoms with Crippen molar-refractivity contribution in [2.75, 3.05) is 5.32 Å². The van der Waals surface area contributed by atoms with Crippen molar-refractivity contribution < 1.29 is 0 Å². The largest absolute Gasteiger partial charge is 0.332 e.